The van der Waals surface area contributed by atoms with Crippen LogP contribution in [0.5, 0.6) is 0 Å². The average Bonchev–Trinajstić information content (AvgIpc) is 1.39. The molecule has 0 saturated carbocycles. The molecule has 0 aliphatic heterocycles. The third-order valence-corrected chi connectivity index (χ3v) is 0. The fraction of sp³-hybridized carbons (Fsp3) is 0. The summed E-state index contributed by atoms with van der Waals surface area (Å²) in [7, 11) is 17.0. The van der Waals surface area contributed by atoms with Crippen LogP contribution in [0, 0.1) is 0 Å². The van der Waals surface area contributed by atoms with Crippen LogP contribution >= 0.6 is 40.9 Å². The predicted octanol–water partition coefficient (Wildman–Crippen LogP) is 2.59. The summed E-state index contributed by atoms with van der Waals surface area (Å²) in [6.45, 7) is 0. The van der Waals surface area contributed by atoms with Crippen LogP contribution in [0.3, 0.4) is 0 Å². The third-order valence-electron chi connectivity index (χ3n) is 0. The zero-order chi connectivity index (χ0) is 5.41. The summed E-state index contributed by atoms with van der Waals surface area (Å²) in [4.78, 5) is 0. The van der Waals surface area contributed by atoms with Crippen LogP contribution in [0.2, 0.25) is 0 Å². The first-order valence-corrected chi connectivity index (χ1v) is 9.28. The quantitative estimate of drug-likeness (QED) is 0.626. The van der Waals surface area contributed by atoms with Crippen molar-refractivity contribution in [1.82, 2.24) is 0 Å². The zero-order valence-electron chi connectivity index (χ0n) is 2.37. The van der Waals surface area contributed by atoms with Gasteiger partial charge in [-0.3, -0.25) is 0 Å². The second-order valence-corrected chi connectivity index (χ2v) is 5.68. The summed E-state index contributed by atoms with van der Waals surface area (Å²) >= 11 is 0.241. The molecule has 39 valence electrons. The second kappa shape index (κ2) is 15.7. The van der Waals surface area contributed by atoms with Gasteiger partial charge in [-0.15, -0.1) is 0 Å². The van der Waals surface area contributed by atoms with Gasteiger partial charge < -0.3 is 0 Å². The van der Waals surface area contributed by atoms with Gasteiger partial charge in [-0.2, -0.15) is 0 Å². The Balaban J connectivity index is 0. The van der Waals surface area contributed by atoms with Gasteiger partial charge in [0.2, 0.25) is 0 Å². The molecule has 0 atom stereocenters. The first kappa shape index (κ1) is 11.0. The van der Waals surface area contributed by atoms with E-state index in [1.165, 1.54) is 0 Å². The van der Waals surface area contributed by atoms with E-state index < -0.39 is 0 Å². The van der Waals surface area contributed by atoms with E-state index in [0.717, 1.165) is 0 Å². The van der Waals surface area contributed by atoms with Gasteiger partial charge in [0.1, 0.15) is 0 Å². The molecule has 0 rings (SSSR count). The van der Waals surface area contributed by atoms with Gasteiger partial charge in [0.05, 0.1) is 0 Å². The predicted molar refractivity (Wildman–Crippen MR) is 30.4 cm³/mol. The van der Waals surface area contributed by atoms with Gasteiger partial charge in [-0.1, -0.05) is 0 Å². The van der Waals surface area contributed by atoms with Gasteiger partial charge in [0.25, 0.3) is 0 Å². The standard InChI is InChI=1S/Co.Mo.4S. The minimum absolute atomic E-state index is 0.363. The van der Waals surface area contributed by atoms with Crippen molar-refractivity contribution >= 4 is 40.9 Å². The Morgan fingerprint density at radius 2 is 1.17 bits per heavy atom. The van der Waals surface area contributed by atoms with E-state index in [4.69, 9.17) is 0 Å². The molecule has 0 aromatic heterocycles. The van der Waals surface area contributed by atoms with E-state index in [1.807, 2.05) is 0 Å². The molecule has 0 saturated heterocycles. The molecule has 0 aliphatic carbocycles. The molecule has 6 heteroatoms. The maximum atomic E-state index is 4.34. The van der Waals surface area contributed by atoms with E-state index in [-0.39, 0.29) is 14.9 Å². The van der Waals surface area contributed by atoms with Crippen molar-refractivity contribution in [3.8, 4) is 0 Å². The van der Waals surface area contributed by atoms with E-state index in [2.05, 4.69) is 40.9 Å². The van der Waals surface area contributed by atoms with Crippen LogP contribution in [0.15, 0.2) is 0 Å². The molecule has 0 heterocycles. The summed E-state index contributed by atoms with van der Waals surface area (Å²) in [6, 6.07) is 0. The summed E-state index contributed by atoms with van der Waals surface area (Å²) in [5.41, 5.74) is 0. The van der Waals surface area contributed by atoms with Crippen molar-refractivity contribution in [1.29, 1.82) is 0 Å². The first-order valence-electron chi connectivity index (χ1n) is 0.605. The molecular formula is CoMoS4. The molecule has 0 aliphatic rings. The van der Waals surface area contributed by atoms with Crippen LogP contribution in [0.4, 0.5) is 0 Å². The number of hydrogen-bond acceptors (Lipinski definition) is 4. The molecule has 0 nitrogen and oxygen atoms in total. The fourth-order valence-corrected chi connectivity index (χ4v) is 0. The SMILES string of the molecule is [S]=[Co]=[S].[S]=[Mo]=[S]. The molecule has 0 aromatic carbocycles. The molecule has 0 spiro atoms. The van der Waals surface area contributed by atoms with Crippen molar-refractivity contribution in [3.63, 3.8) is 0 Å². The molecule has 0 amide bonds. The molecular weight excluding hydrogens is 283 g/mol. The Hall–Kier alpha value is 2.07. The monoisotopic (exact) mass is 285 g/mol. The van der Waals surface area contributed by atoms with Crippen LogP contribution in [0.1, 0.15) is 0 Å². The summed E-state index contributed by atoms with van der Waals surface area (Å²) in [5.74, 6) is 0. The van der Waals surface area contributed by atoms with E-state index in [0.29, 0.717) is 11.5 Å². The summed E-state index contributed by atoms with van der Waals surface area (Å²) in [6.07, 6.45) is 0. The van der Waals surface area contributed by atoms with Crippen LogP contribution in [-0.2, 0) is 26.4 Å². The Morgan fingerprint density at radius 1 is 1.17 bits per heavy atom. The first-order chi connectivity index (χ1) is 2.83. The maximum absolute atomic E-state index is 4.34. The summed E-state index contributed by atoms with van der Waals surface area (Å²) < 4.78 is 0. The van der Waals surface area contributed by atoms with Crippen molar-refractivity contribution in [2.45, 2.75) is 0 Å². The van der Waals surface area contributed by atoms with E-state index >= 15 is 0 Å². The van der Waals surface area contributed by atoms with E-state index in [1.54, 1.807) is 0 Å². The number of hydrogen-bond donors (Lipinski definition) is 0. The Labute approximate surface area is 66.3 Å². The fourth-order valence-electron chi connectivity index (χ4n) is 0. The number of rotatable bonds is 0. The van der Waals surface area contributed by atoms with Crippen molar-refractivity contribution in [3.05, 3.63) is 0 Å². The topological polar surface area (TPSA) is 0 Å². The second-order valence-electron chi connectivity index (χ2n) is 0.124. The van der Waals surface area contributed by atoms with Crippen LogP contribution < -0.4 is 0 Å². The molecule has 0 N–H and O–H groups in total. The van der Waals surface area contributed by atoms with E-state index in [9.17, 15) is 0 Å². The Bertz CT molecular complexity index is 61.5. The van der Waals surface area contributed by atoms with Crippen molar-refractivity contribution in [2.24, 2.45) is 0 Å². The molecule has 0 unspecified atom stereocenters. The van der Waals surface area contributed by atoms with Gasteiger partial charge in [0.15, 0.2) is 0 Å². The molecule has 6 heavy (non-hydrogen) atoms. The summed E-state index contributed by atoms with van der Waals surface area (Å²) in [5, 5.41) is 0. The van der Waals surface area contributed by atoms with Crippen LogP contribution in [-0.4, -0.2) is 0 Å². The zero-order valence-corrected chi connectivity index (χ0v) is 8.69. The van der Waals surface area contributed by atoms with Gasteiger partial charge in [-0.05, 0) is 0 Å². The molecule has 0 radical (unpaired) electrons. The van der Waals surface area contributed by atoms with Gasteiger partial charge in [0, 0.05) is 0 Å². The normalized spacial score (nSPS) is 4.67. The van der Waals surface area contributed by atoms with Crippen LogP contribution in [0.25, 0.3) is 0 Å². The Kier molecular flexibility index (Phi) is 28.7. The molecule has 0 aromatic rings. The molecule has 0 bridgehead atoms. The average molecular weight is 283 g/mol. The molecule has 0 fully saturated rings. The minimum atomic E-state index is -0.363. The third kappa shape index (κ3) is 36.3. The van der Waals surface area contributed by atoms with Crippen molar-refractivity contribution < 1.29 is 26.4 Å². The Morgan fingerprint density at radius 3 is 1.17 bits per heavy atom. The van der Waals surface area contributed by atoms with Crippen molar-refractivity contribution in [2.75, 3.05) is 0 Å². The van der Waals surface area contributed by atoms with Gasteiger partial charge in [-0.25, -0.2) is 0 Å². The van der Waals surface area contributed by atoms with Gasteiger partial charge >= 0.3 is 67.2 Å².